The first kappa shape index (κ1) is 16.3. The third-order valence-electron chi connectivity index (χ3n) is 3.70. The van der Waals surface area contributed by atoms with Crippen molar-refractivity contribution in [1.82, 2.24) is 35.0 Å². The molecule has 0 fully saturated rings. The Bertz CT molecular complexity index is 713. The molecule has 0 aliphatic rings. The lowest BCUT2D eigenvalue weighted by Gasteiger charge is -2.04. The molecule has 0 bridgehead atoms. The Morgan fingerprint density at radius 2 is 1.25 bits per heavy atom. The third-order valence-corrected chi connectivity index (χ3v) is 3.70. The molecule has 0 aromatic carbocycles. The van der Waals surface area contributed by atoms with Crippen LogP contribution in [0.25, 0.3) is 0 Å². The molecule has 0 saturated heterocycles. The van der Waals surface area contributed by atoms with Crippen LogP contribution < -0.4 is 0 Å². The van der Waals surface area contributed by atoms with Crippen LogP contribution in [-0.4, -0.2) is 35.0 Å². The van der Waals surface area contributed by atoms with Crippen LogP contribution >= 0.6 is 0 Å². The van der Waals surface area contributed by atoms with Crippen molar-refractivity contribution in [3.8, 4) is 0 Å². The van der Waals surface area contributed by atoms with Crippen molar-refractivity contribution in [2.24, 2.45) is 0 Å². The largest absolute Gasteiger partial charge is 0.254 e. The number of aromatic nitrogens is 7. The number of pyridine rings is 1. The highest BCUT2D eigenvalue weighted by Crippen LogP contribution is 2.06. The van der Waals surface area contributed by atoms with Gasteiger partial charge in [-0.15, -0.1) is 10.2 Å². The first-order chi connectivity index (χ1) is 11.8. The lowest BCUT2D eigenvalue weighted by atomic mass is 10.2. The van der Waals surface area contributed by atoms with Gasteiger partial charge in [0.05, 0.1) is 35.9 Å². The van der Waals surface area contributed by atoms with Gasteiger partial charge >= 0.3 is 0 Å². The van der Waals surface area contributed by atoms with Gasteiger partial charge in [-0.2, -0.15) is 0 Å². The Kier molecular flexibility index (Phi) is 5.30. The minimum absolute atomic E-state index is 0.628. The van der Waals surface area contributed by atoms with Gasteiger partial charge < -0.3 is 0 Å². The summed E-state index contributed by atoms with van der Waals surface area (Å²) in [5.41, 5.74) is 3.99. The summed E-state index contributed by atoms with van der Waals surface area (Å²) in [6, 6.07) is 6.04. The van der Waals surface area contributed by atoms with E-state index in [1.165, 1.54) is 0 Å². The molecular weight excluding hydrogens is 302 g/mol. The number of hydrogen-bond donors (Lipinski definition) is 0. The molecule has 0 N–H and O–H groups in total. The minimum atomic E-state index is 0.628. The molecule has 0 saturated carbocycles. The molecule has 24 heavy (non-hydrogen) atoms. The van der Waals surface area contributed by atoms with Crippen molar-refractivity contribution in [3.05, 3.63) is 53.4 Å². The molecule has 126 valence electrons. The second kappa shape index (κ2) is 7.81. The van der Waals surface area contributed by atoms with Crippen LogP contribution in [0.4, 0.5) is 0 Å². The van der Waals surface area contributed by atoms with Crippen LogP contribution in [-0.2, 0) is 25.9 Å². The van der Waals surface area contributed by atoms with E-state index in [-0.39, 0.29) is 0 Å². The van der Waals surface area contributed by atoms with Gasteiger partial charge in [0, 0.05) is 12.4 Å². The molecular formula is C17H23N7. The molecule has 3 aromatic heterocycles. The maximum absolute atomic E-state index is 4.70. The normalized spacial score (nSPS) is 11.1. The van der Waals surface area contributed by atoms with E-state index >= 15 is 0 Å². The minimum Gasteiger partial charge on any atom is -0.254 e. The smallest absolute Gasteiger partial charge is 0.0849 e. The fourth-order valence-electron chi connectivity index (χ4n) is 2.61. The van der Waals surface area contributed by atoms with Gasteiger partial charge in [0.1, 0.15) is 0 Å². The van der Waals surface area contributed by atoms with E-state index in [0.717, 1.165) is 48.5 Å². The van der Waals surface area contributed by atoms with Gasteiger partial charge in [-0.05, 0) is 25.0 Å². The summed E-state index contributed by atoms with van der Waals surface area (Å²) < 4.78 is 3.68. The van der Waals surface area contributed by atoms with Crippen LogP contribution in [0.5, 0.6) is 0 Å². The summed E-state index contributed by atoms with van der Waals surface area (Å²) in [6.07, 6.45) is 8.05. The molecule has 3 aromatic rings. The second-order valence-electron chi connectivity index (χ2n) is 5.94. The van der Waals surface area contributed by atoms with Crippen molar-refractivity contribution >= 4 is 0 Å². The zero-order valence-electron chi connectivity index (χ0n) is 14.3. The lowest BCUT2D eigenvalue weighted by molar-refractivity contribution is 0.617. The van der Waals surface area contributed by atoms with Gasteiger partial charge in [-0.3, -0.25) is 4.98 Å². The Morgan fingerprint density at radius 3 is 1.71 bits per heavy atom. The molecule has 3 heterocycles. The van der Waals surface area contributed by atoms with Crippen LogP contribution in [0.15, 0.2) is 30.6 Å². The molecule has 0 radical (unpaired) electrons. The number of hydrogen-bond acceptors (Lipinski definition) is 5. The highest BCUT2D eigenvalue weighted by molar-refractivity contribution is 5.12. The first-order valence-electron chi connectivity index (χ1n) is 8.49. The Morgan fingerprint density at radius 1 is 0.750 bits per heavy atom. The van der Waals surface area contributed by atoms with E-state index in [2.05, 4.69) is 34.5 Å². The average Bonchev–Trinajstić information content (AvgIpc) is 3.18. The van der Waals surface area contributed by atoms with Crippen molar-refractivity contribution in [3.63, 3.8) is 0 Å². The molecule has 0 aliphatic heterocycles. The number of nitrogens with zero attached hydrogens (tertiary/aromatic N) is 7. The molecule has 0 unspecified atom stereocenters. The molecule has 0 amide bonds. The van der Waals surface area contributed by atoms with Crippen molar-refractivity contribution in [2.45, 2.75) is 52.6 Å². The molecule has 3 rings (SSSR count). The van der Waals surface area contributed by atoms with Crippen LogP contribution in [0.1, 0.15) is 49.5 Å². The Hall–Kier alpha value is -2.57. The quantitative estimate of drug-likeness (QED) is 0.635. The topological polar surface area (TPSA) is 74.3 Å². The van der Waals surface area contributed by atoms with Crippen molar-refractivity contribution in [1.29, 1.82) is 0 Å². The van der Waals surface area contributed by atoms with E-state index in [1.54, 1.807) is 0 Å². The fourth-order valence-corrected chi connectivity index (χ4v) is 2.61. The first-order valence-corrected chi connectivity index (χ1v) is 8.49. The summed E-state index contributed by atoms with van der Waals surface area (Å²) in [4.78, 5) is 4.70. The second-order valence-corrected chi connectivity index (χ2v) is 5.94. The van der Waals surface area contributed by atoms with E-state index < -0.39 is 0 Å². The van der Waals surface area contributed by atoms with Gasteiger partial charge in [0.15, 0.2) is 0 Å². The summed E-state index contributed by atoms with van der Waals surface area (Å²) >= 11 is 0. The molecule has 7 nitrogen and oxygen atoms in total. The molecule has 0 spiro atoms. The van der Waals surface area contributed by atoms with Crippen LogP contribution in [0.3, 0.4) is 0 Å². The monoisotopic (exact) mass is 325 g/mol. The predicted molar refractivity (Wildman–Crippen MR) is 90.5 cm³/mol. The standard InChI is InChI=1S/C17H23N7/c1-3-6-16-12-23(21-19-16)10-14-8-5-9-15(18-14)11-24-13-17(7-4-2)20-22-24/h5,8-9,12-13H,3-4,6-7,10-11H2,1-2H3. The summed E-state index contributed by atoms with van der Waals surface area (Å²) in [6.45, 7) is 5.53. The summed E-state index contributed by atoms with van der Waals surface area (Å²) in [5.74, 6) is 0. The van der Waals surface area contributed by atoms with E-state index in [4.69, 9.17) is 4.98 Å². The maximum atomic E-state index is 4.70. The molecule has 7 heteroatoms. The zero-order valence-corrected chi connectivity index (χ0v) is 14.3. The van der Waals surface area contributed by atoms with Crippen LogP contribution in [0.2, 0.25) is 0 Å². The third kappa shape index (κ3) is 4.24. The highest BCUT2D eigenvalue weighted by Gasteiger charge is 2.05. The van der Waals surface area contributed by atoms with Gasteiger partial charge in [0.2, 0.25) is 0 Å². The summed E-state index contributed by atoms with van der Waals surface area (Å²) in [5, 5.41) is 16.7. The lowest BCUT2D eigenvalue weighted by Crippen LogP contribution is -2.07. The SMILES string of the molecule is CCCc1cn(Cc2cccc(Cn3cc(CCC)nn3)n2)nn1. The Balaban J connectivity index is 1.66. The van der Waals surface area contributed by atoms with Crippen molar-refractivity contribution < 1.29 is 0 Å². The fraction of sp³-hybridized carbons (Fsp3) is 0.471. The Labute approximate surface area is 141 Å². The van der Waals surface area contributed by atoms with Crippen LogP contribution in [0, 0.1) is 0 Å². The van der Waals surface area contributed by atoms with Gasteiger partial charge in [-0.1, -0.05) is 43.2 Å². The van der Waals surface area contributed by atoms with Crippen molar-refractivity contribution in [2.75, 3.05) is 0 Å². The average molecular weight is 325 g/mol. The van der Waals surface area contributed by atoms with E-state index in [0.29, 0.717) is 13.1 Å². The van der Waals surface area contributed by atoms with Gasteiger partial charge in [0.25, 0.3) is 0 Å². The maximum Gasteiger partial charge on any atom is 0.0849 e. The molecule has 0 atom stereocenters. The number of rotatable bonds is 8. The zero-order chi connectivity index (χ0) is 16.8. The predicted octanol–water partition coefficient (Wildman–Crippen LogP) is 2.27. The summed E-state index contributed by atoms with van der Waals surface area (Å²) in [7, 11) is 0. The number of aryl methyl sites for hydroxylation is 2. The van der Waals surface area contributed by atoms with Gasteiger partial charge in [-0.25, -0.2) is 9.36 Å². The van der Waals surface area contributed by atoms with E-state index in [1.807, 2.05) is 40.0 Å². The van der Waals surface area contributed by atoms with E-state index in [9.17, 15) is 0 Å². The highest BCUT2D eigenvalue weighted by atomic mass is 15.4. The molecule has 0 aliphatic carbocycles.